The molecule has 1 aromatic rings. The molecule has 1 aliphatic heterocycles. The van der Waals surface area contributed by atoms with Crippen molar-refractivity contribution in [3.05, 3.63) is 28.8 Å². The summed E-state index contributed by atoms with van der Waals surface area (Å²) in [5, 5.41) is 0.171. The van der Waals surface area contributed by atoms with Crippen LogP contribution < -0.4 is 4.90 Å². The summed E-state index contributed by atoms with van der Waals surface area (Å²) in [5.41, 5.74) is 0.476. The first-order valence-electron chi connectivity index (χ1n) is 6.32. The highest BCUT2D eigenvalue weighted by atomic mass is 35.5. The molecule has 6 nitrogen and oxygen atoms in total. The van der Waals surface area contributed by atoms with Gasteiger partial charge >= 0.3 is 16.2 Å². The molecular formula is C13H13ClFNO5S. The van der Waals surface area contributed by atoms with E-state index in [9.17, 15) is 21.9 Å². The lowest BCUT2D eigenvalue weighted by Crippen LogP contribution is -2.25. The van der Waals surface area contributed by atoms with Gasteiger partial charge in [-0.25, -0.2) is 4.79 Å². The summed E-state index contributed by atoms with van der Waals surface area (Å²) in [5.74, 6) is -2.32. The van der Waals surface area contributed by atoms with Crippen LogP contribution in [0.2, 0.25) is 5.02 Å². The normalized spacial score (nSPS) is 18.6. The monoisotopic (exact) mass is 349 g/mol. The Labute approximate surface area is 132 Å². The minimum Gasteiger partial charge on any atom is -0.465 e. The number of halogens is 2. The first kappa shape index (κ1) is 16.7. The van der Waals surface area contributed by atoms with Gasteiger partial charge in [-0.2, -0.15) is 8.42 Å². The molecule has 0 saturated carbocycles. The molecular weight excluding hydrogens is 337 g/mol. The Morgan fingerprint density at radius 2 is 2.18 bits per heavy atom. The molecule has 1 atom stereocenters. The number of benzene rings is 1. The molecule has 1 amide bonds. The van der Waals surface area contributed by atoms with E-state index in [1.54, 1.807) is 0 Å². The van der Waals surface area contributed by atoms with E-state index >= 15 is 0 Å². The van der Waals surface area contributed by atoms with Crippen LogP contribution in [0.25, 0.3) is 0 Å². The molecule has 1 unspecified atom stereocenters. The fourth-order valence-electron chi connectivity index (χ4n) is 2.37. The summed E-state index contributed by atoms with van der Waals surface area (Å²) in [6.45, 7) is 0.0598. The zero-order valence-corrected chi connectivity index (χ0v) is 13.2. The van der Waals surface area contributed by atoms with Crippen molar-refractivity contribution in [2.24, 2.45) is 5.92 Å². The number of esters is 1. The number of anilines is 1. The molecule has 0 aromatic heterocycles. The van der Waals surface area contributed by atoms with Crippen LogP contribution in [0, 0.1) is 5.92 Å². The lowest BCUT2D eigenvalue weighted by molar-refractivity contribution is -0.117. The van der Waals surface area contributed by atoms with Crippen LogP contribution in [0.5, 0.6) is 0 Å². The van der Waals surface area contributed by atoms with Crippen LogP contribution in [0.1, 0.15) is 16.8 Å². The average molecular weight is 350 g/mol. The van der Waals surface area contributed by atoms with Gasteiger partial charge < -0.3 is 9.64 Å². The third-order valence-electron chi connectivity index (χ3n) is 3.31. The van der Waals surface area contributed by atoms with Gasteiger partial charge in [0, 0.05) is 24.6 Å². The number of carbonyl (C=O) groups is 2. The molecule has 1 aromatic carbocycles. The van der Waals surface area contributed by atoms with Gasteiger partial charge in [-0.15, -0.1) is 3.89 Å². The second-order valence-corrected chi connectivity index (χ2v) is 6.75. The van der Waals surface area contributed by atoms with E-state index in [-0.39, 0.29) is 29.5 Å². The fraction of sp³-hybridized carbons (Fsp3) is 0.385. The molecule has 2 rings (SSSR count). The topological polar surface area (TPSA) is 80.8 Å². The highest BCUT2D eigenvalue weighted by Gasteiger charge is 2.34. The van der Waals surface area contributed by atoms with Crippen molar-refractivity contribution >= 4 is 39.4 Å². The Kier molecular flexibility index (Phi) is 4.72. The Bertz CT molecular complexity index is 721. The Morgan fingerprint density at radius 3 is 2.77 bits per heavy atom. The van der Waals surface area contributed by atoms with Gasteiger partial charge in [0.05, 0.1) is 23.4 Å². The standard InChI is InChI=1S/C13H13ClFNO5S/c1-21-13(18)10-5-9(2-3-11(10)14)16-6-8(4-12(16)17)7-22(15,19)20/h2-3,5,8H,4,6-7H2,1H3. The Balaban J connectivity index is 2.25. The smallest absolute Gasteiger partial charge is 0.339 e. The van der Waals surface area contributed by atoms with Crippen LogP contribution in [-0.2, 0) is 19.8 Å². The number of rotatable bonds is 4. The van der Waals surface area contributed by atoms with Crippen LogP contribution in [0.15, 0.2) is 18.2 Å². The molecule has 0 aliphatic carbocycles. The molecule has 22 heavy (non-hydrogen) atoms. The lowest BCUT2D eigenvalue weighted by Gasteiger charge is -2.17. The van der Waals surface area contributed by atoms with E-state index in [0.29, 0.717) is 5.69 Å². The highest BCUT2D eigenvalue weighted by Crippen LogP contribution is 2.29. The molecule has 1 heterocycles. The fourth-order valence-corrected chi connectivity index (χ4v) is 3.35. The van der Waals surface area contributed by atoms with E-state index in [0.717, 1.165) is 0 Å². The number of hydrogen-bond donors (Lipinski definition) is 0. The van der Waals surface area contributed by atoms with E-state index in [1.165, 1.54) is 30.2 Å². The van der Waals surface area contributed by atoms with E-state index < -0.39 is 27.9 Å². The van der Waals surface area contributed by atoms with Crippen molar-refractivity contribution in [2.75, 3.05) is 24.3 Å². The largest absolute Gasteiger partial charge is 0.465 e. The van der Waals surface area contributed by atoms with Gasteiger partial charge in [0.2, 0.25) is 5.91 Å². The van der Waals surface area contributed by atoms with Crippen LogP contribution in [0.4, 0.5) is 9.57 Å². The molecule has 0 N–H and O–H groups in total. The third kappa shape index (κ3) is 3.75. The zero-order valence-electron chi connectivity index (χ0n) is 11.6. The predicted octanol–water partition coefficient (Wildman–Crippen LogP) is 1.78. The second kappa shape index (κ2) is 6.21. The van der Waals surface area contributed by atoms with Gasteiger partial charge in [-0.3, -0.25) is 4.79 Å². The van der Waals surface area contributed by atoms with E-state index in [2.05, 4.69) is 4.74 Å². The van der Waals surface area contributed by atoms with Gasteiger partial charge in [0.25, 0.3) is 0 Å². The van der Waals surface area contributed by atoms with Crippen molar-refractivity contribution in [3.8, 4) is 0 Å². The molecule has 0 spiro atoms. The molecule has 9 heteroatoms. The van der Waals surface area contributed by atoms with Crippen molar-refractivity contribution in [3.63, 3.8) is 0 Å². The SMILES string of the molecule is COC(=O)c1cc(N2CC(CS(=O)(=O)F)CC2=O)ccc1Cl. The van der Waals surface area contributed by atoms with Crippen molar-refractivity contribution in [1.82, 2.24) is 0 Å². The quantitative estimate of drug-likeness (QED) is 0.611. The van der Waals surface area contributed by atoms with Gasteiger partial charge in [0.15, 0.2) is 0 Å². The van der Waals surface area contributed by atoms with Gasteiger partial charge in [0.1, 0.15) is 0 Å². The summed E-state index contributed by atoms with van der Waals surface area (Å²) >= 11 is 5.90. The summed E-state index contributed by atoms with van der Waals surface area (Å²) < 4.78 is 38.7. The molecule has 1 saturated heterocycles. The summed E-state index contributed by atoms with van der Waals surface area (Å²) in [6.07, 6.45) is -0.0701. The molecule has 120 valence electrons. The first-order valence-corrected chi connectivity index (χ1v) is 8.25. The van der Waals surface area contributed by atoms with Crippen LogP contribution in [0.3, 0.4) is 0 Å². The van der Waals surface area contributed by atoms with Crippen LogP contribution >= 0.6 is 11.6 Å². The van der Waals surface area contributed by atoms with E-state index in [1.807, 2.05) is 0 Å². The van der Waals surface area contributed by atoms with Crippen molar-refractivity contribution in [1.29, 1.82) is 0 Å². The Morgan fingerprint density at radius 1 is 1.50 bits per heavy atom. The maximum absolute atomic E-state index is 12.7. The van der Waals surface area contributed by atoms with Gasteiger partial charge in [-0.05, 0) is 18.2 Å². The average Bonchev–Trinajstić information content (AvgIpc) is 2.77. The first-order chi connectivity index (χ1) is 10.2. The van der Waals surface area contributed by atoms with E-state index in [4.69, 9.17) is 11.6 Å². The van der Waals surface area contributed by atoms with Crippen molar-refractivity contribution < 1.29 is 26.6 Å². The number of nitrogens with zero attached hydrogens (tertiary/aromatic N) is 1. The van der Waals surface area contributed by atoms with Gasteiger partial charge in [-0.1, -0.05) is 11.6 Å². The minimum atomic E-state index is -4.64. The summed E-state index contributed by atoms with van der Waals surface area (Å²) in [6, 6.07) is 4.35. The molecule has 0 bridgehead atoms. The molecule has 1 fully saturated rings. The number of ether oxygens (including phenoxy) is 1. The minimum absolute atomic E-state index is 0.0598. The number of carbonyl (C=O) groups excluding carboxylic acids is 2. The number of hydrogen-bond acceptors (Lipinski definition) is 5. The summed E-state index contributed by atoms with van der Waals surface area (Å²) in [7, 11) is -3.44. The Hall–Kier alpha value is -1.67. The molecule has 1 aliphatic rings. The second-order valence-electron chi connectivity index (χ2n) is 4.94. The molecule has 0 radical (unpaired) electrons. The number of amides is 1. The maximum Gasteiger partial charge on any atom is 0.339 e. The van der Waals surface area contributed by atoms with Crippen LogP contribution in [-0.4, -0.2) is 39.7 Å². The maximum atomic E-state index is 12.7. The lowest BCUT2D eigenvalue weighted by atomic mass is 10.1. The van der Waals surface area contributed by atoms with Crippen molar-refractivity contribution in [2.45, 2.75) is 6.42 Å². The zero-order chi connectivity index (χ0) is 16.5. The highest BCUT2D eigenvalue weighted by molar-refractivity contribution is 7.86. The predicted molar refractivity (Wildman–Crippen MR) is 78.1 cm³/mol. The summed E-state index contributed by atoms with van der Waals surface area (Å²) in [4.78, 5) is 24.9. The number of methoxy groups -OCH3 is 1. The third-order valence-corrected chi connectivity index (χ3v) is 4.51.